The highest BCUT2D eigenvalue weighted by atomic mass is 16.5. The number of benzene rings is 1. The van der Waals surface area contributed by atoms with E-state index in [1.165, 1.54) is 24.6 Å². The zero-order chi connectivity index (χ0) is 18.3. The van der Waals surface area contributed by atoms with Gasteiger partial charge < -0.3 is 15.0 Å². The van der Waals surface area contributed by atoms with Crippen LogP contribution in [0.3, 0.4) is 0 Å². The number of piperidine rings is 1. The molecule has 134 valence electrons. The second-order valence-corrected chi connectivity index (χ2v) is 6.97. The number of methoxy groups -OCH3 is 1. The molecular formula is C20H21N3O3. The van der Waals surface area contributed by atoms with Crippen LogP contribution in [-0.2, 0) is 14.9 Å². The van der Waals surface area contributed by atoms with Crippen molar-refractivity contribution in [3.8, 4) is 0 Å². The zero-order valence-corrected chi connectivity index (χ0v) is 14.9. The van der Waals surface area contributed by atoms with Crippen LogP contribution in [-0.4, -0.2) is 37.1 Å². The minimum atomic E-state index is -0.617. The first-order valence-corrected chi connectivity index (χ1v) is 8.75. The first-order chi connectivity index (χ1) is 12.5. The number of aromatic nitrogens is 1. The number of anilines is 2. The van der Waals surface area contributed by atoms with Crippen LogP contribution in [0.15, 0.2) is 36.5 Å². The fourth-order valence-corrected chi connectivity index (χ4v) is 3.91. The first kappa shape index (κ1) is 16.6. The molecule has 2 aliphatic rings. The van der Waals surface area contributed by atoms with Crippen LogP contribution in [0.1, 0.15) is 34.3 Å². The van der Waals surface area contributed by atoms with E-state index >= 15 is 0 Å². The quantitative estimate of drug-likeness (QED) is 0.842. The third-order valence-corrected chi connectivity index (χ3v) is 5.51. The molecule has 0 saturated carbocycles. The van der Waals surface area contributed by atoms with Crippen molar-refractivity contribution in [3.63, 3.8) is 0 Å². The molecule has 1 aromatic carbocycles. The molecule has 1 amide bonds. The minimum Gasteiger partial charge on any atom is -0.465 e. The van der Waals surface area contributed by atoms with Gasteiger partial charge >= 0.3 is 5.97 Å². The maximum atomic E-state index is 12.8. The van der Waals surface area contributed by atoms with Crippen molar-refractivity contribution in [2.24, 2.45) is 0 Å². The molecule has 0 unspecified atom stereocenters. The average Bonchev–Trinajstić information content (AvgIpc) is 2.93. The number of pyridine rings is 1. The van der Waals surface area contributed by atoms with Gasteiger partial charge in [0.25, 0.3) is 0 Å². The van der Waals surface area contributed by atoms with Crippen LogP contribution < -0.4 is 10.2 Å². The number of nitrogens with one attached hydrogen (secondary N) is 1. The smallest absolute Gasteiger partial charge is 0.339 e. The van der Waals surface area contributed by atoms with Gasteiger partial charge in [-0.1, -0.05) is 17.7 Å². The molecular weight excluding hydrogens is 330 g/mol. The number of carbonyl (C=O) groups is 2. The number of ether oxygens (including phenoxy) is 1. The lowest BCUT2D eigenvalue weighted by Crippen LogP contribution is -2.46. The number of fused-ring (bicyclic) bond motifs is 2. The first-order valence-electron chi connectivity index (χ1n) is 8.75. The van der Waals surface area contributed by atoms with E-state index in [0.29, 0.717) is 24.2 Å². The second kappa shape index (κ2) is 6.12. The van der Waals surface area contributed by atoms with Gasteiger partial charge in [-0.2, -0.15) is 0 Å². The van der Waals surface area contributed by atoms with Crippen LogP contribution in [0, 0.1) is 6.92 Å². The van der Waals surface area contributed by atoms with Crippen molar-refractivity contribution in [1.82, 2.24) is 4.98 Å². The van der Waals surface area contributed by atoms with Crippen LogP contribution in [0.25, 0.3) is 0 Å². The Bertz CT molecular complexity index is 868. The van der Waals surface area contributed by atoms with Crippen molar-refractivity contribution in [2.45, 2.75) is 25.2 Å². The molecule has 4 rings (SSSR count). The third kappa shape index (κ3) is 2.53. The van der Waals surface area contributed by atoms with E-state index in [1.807, 2.05) is 0 Å². The molecule has 6 nitrogen and oxygen atoms in total. The summed E-state index contributed by atoms with van der Waals surface area (Å²) in [6.45, 7) is 3.62. The summed E-state index contributed by atoms with van der Waals surface area (Å²) >= 11 is 0. The predicted octanol–water partition coefficient (Wildman–Crippen LogP) is 2.67. The normalized spacial score (nSPS) is 17.8. The number of esters is 1. The molecule has 0 aliphatic carbocycles. The van der Waals surface area contributed by atoms with Crippen molar-refractivity contribution < 1.29 is 14.3 Å². The van der Waals surface area contributed by atoms with Crippen molar-refractivity contribution in [3.05, 3.63) is 53.2 Å². The molecule has 1 N–H and O–H groups in total. The van der Waals surface area contributed by atoms with Gasteiger partial charge in [0.1, 0.15) is 5.82 Å². The van der Waals surface area contributed by atoms with Crippen molar-refractivity contribution in [1.29, 1.82) is 0 Å². The molecule has 1 spiro atoms. The largest absolute Gasteiger partial charge is 0.465 e. The van der Waals surface area contributed by atoms with Crippen molar-refractivity contribution >= 4 is 23.4 Å². The molecule has 2 aliphatic heterocycles. The van der Waals surface area contributed by atoms with Gasteiger partial charge in [-0.25, -0.2) is 9.78 Å². The topological polar surface area (TPSA) is 71.5 Å². The summed E-state index contributed by atoms with van der Waals surface area (Å²) in [5.41, 5.74) is 2.98. The summed E-state index contributed by atoms with van der Waals surface area (Å²) in [6.07, 6.45) is 2.82. The molecule has 1 aromatic heterocycles. The van der Waals surface area contributed by atoms with E-state index in [1.54, 1.807) is 6.07 Å². The summed E-state index contributed by atoms with van der Waals surface area (Å²) in [5.74, 6) is 0.101. The van der Waals surface area contributed by atoms with E-state index in [-0.39, 0.29) is 5.91 Å². The summed E-state index contributed by atoms with van der Waals surface area (Å²) in [4.78, 5) is 31.2. The standard InChI is InChI=1S/C20H21N3O3/c1-13-3-5-15(6-4-13)23-9-7-20(8-10-23)16-11-14(18(24)26-2)12-21-17(16)22-19(20)25/h3-6,11-12H,7-10H2,1-2H3,(H,21,22,25). The Labute approximate surface area is 152 Å². The van der Waals surface area contributed by atoms with Crippen molar-refractivity contribution in [2.75, 3.05) is 30.4 Å². The summed E-state index contributed by atoms with van der Waals surface area (Å²) in [5, 5.41) is 2.88. The molecule has 6 heteroatoms. The van der Waals surface area contributed by atoms with Gasteiger partial charge in [-0.15, -0.1) is 0 Å². The molecule has 2 aromatic rings. The molecule has 1 fully saturated rings. The molecule has 0 atom stereocenters. The van der Waals surface area contributed by atoms with Crippen LogP contribution in [0.4, 0.5) is 11.5 Å². The Balaban J connectivity index is 1.62. The lowest BCUT2D eigenvalue weighted by Gasteiger charge is -2.39. The Morgan fingerprint density at radius 2 is 1.92 bits per heavy atom. The number of amides is 1. The Hall–Kier alpha value is -2.89. The predicted molar refractivity (Wildman–Crippen MR) is 98.5 cm³/mol. The SMILES string of the molecule is COC(=O)c1cnc2c(c1)C1(CCN(c3ccc(C)cc3)CC1)C(=O)N2. The summed E-state index contributed by atoms with van der Waals surface area (Å²) in [7, 11) is 1.34. The molecule has 1 saturated heterocycles. The average molecular weight is 351 g/mol. The number of hydrogen-bond donors (Lipinski definition) is 1. The number of hydrogen-bond acceptors (Lipinski definition) is 5. The molecule has 0 radical (unpaired) electrons. The third-order valence-electron chi connectivity index (χ3n) is 5.51. The fourth-order valence-electron chi connectivity index (χ4n) is 3.91. The van der Waals surface area contributed by atoms with E-state index < -0.39 is 11.4 Å². The Kier molecular flexibility index (Phi) is 3.90. The summed E-state index contributed by atoms with van der Waals surface area (Å²) in [6, 6.07) is 10.2. The fraction of sp³-hybridized carbons (Fsp3) is 0.350. The van der Waals surface area contributed by atoms with Gasteiger partial charge in [0.2, 0.25) is 5.91 Å². The van der Waals surface area contributed by atoms with E-state index in [0.717, 1.165) is 18.7 Å². The zero-order valence-electron chi connectivity index (χ0n) is 14.9. The van der Waals surface area contributed by atoms with Gasteiger partial charge in [0, 0.05) is 30.5 Å². The maximum Gasteiger partial charge on any atom is 0.339 e. The van der Waals surface area contributed by atoms with Gasteiger partial charge in [-0.05, 0) is 38.0 Å². The van der Waals surface area contributed by atoms with Gasteiger partial charge in [0.05, 0.1) is 18.1 Å². The minimum absolute atomic E-state index is 0.0226. The second-order valence-electron chi connectivity index (χ2n) is 6.97. The molecule has 26 heavy (non-hydrogen) atoms. The highest BCUT2D eigenvalue weighted by molar-refractivity contribution is 6.06. The van der Waals surface area contributed by atoms with E-state index in [9.17, 15) is 9.59 Å². The van der Waals surface area contributed by atoms with E-state index in [4.69, 9.17) is 4.74 Å². The number of rotatable bonds is 2. The van der Waals surface area contributed by atoms with E-state index in [2.05, 4.69) is 46.4 Å². The number of nitrogens with zero attached hydrogens (tertiary/aromatic N) is 2. The highest BCUT2D eigenvalue weighted by Crippen LogP contribution is 2.45. The highest BCUT2D eigenvalue weighted by Gasteiger charge is 2.49. The van der Waals surface area contributed by atoms with Gasteiger partial charge in [0.15, 0.2) is 0 Å². The monoisotopic (exact) mass is 351 g/mol. The van der Waals surface area contributed by atoms with Crippen LogP contribution in [0.5, 0.6) is 0 Å². The lowest BCUT2D eigenvalue weighted by atomic mass is 9.74. The maximum absolute atomic E-state index is 12.8. The van der Waals surface area contributed by atoms with Gasteiger partial charge in [-0.3, -0.25) is 4.79 Å². The number of carbonyl (C=O) groups excluding carboxylic acids is 2. The summed E-state index contributed by atoms with van der Waals surface area (Å²) < 4.78 is 4.79. The Morgan fingerprint density at radius 3 is 2.58 bits per heavy atom. The lowest BCUT2D eigenvalue weighted by molar-refractivity contribution is -0.121. The molecule has 0 bridgehead atoms. The molecule has 3 heterocycles. The van der Waals surface area contributed by atoms with Crippen LogP contribution >= 0.6 is 0 Å². The Morgan fingerprint density at radius 1 is 1.23 bits per heavy atom. The van der Waals surface area contributed by atoms with Crippen LogP contribution in [0.2, 0.25) is 0 Å². The number of aryl methyl sites for hydroxylation is 1.